The van der Waals surface area contributed by atoms with E-state index in [1.165, 1.54) is 0 Å². The van der Waals surface area contributed by atoms with Crippen molar-refractivity contribution in [3.8, 4) is 5.75 Å². The highest BCUT2D eigenvalue weighted by molar-refractivity contribution is 5.93. The average molecular weight is 312 g/mol. The number of nitrogens with one attached hydrogen (secondary N) is 1. The standard InChI is InChI=1S/C19H24N2O2/c1-13-9-15(17(23-5)16(10-13)19(2,3)4)12-21-18(22)14-7-6-8-20-11-14/h6-11H,12H2,1-5H3,(H,21,22). The first-order chi connectivity index (χ1) is 10.8. The summed E-state index contributed by atoms with van der Waals surface area (Å²) in [6.45, 7) is 8.94. The highest BCUT2D eigenvalue weighted by Gasteiger charge is 2.22. The van der Waals surface area contributed by atoms with E-state index in [2.05, 4.69) is 50.1 Å². The number of hydrogen-bond donors (Lipinski definition) is 1. The Morgan fingerprint density at radius 2 is 2.04 bits per heavy atom. The van der Waals surface area contributed by atoms with Crippen LogP contribution in [-0.4, -0.2) is 18.0 Å². The van der Waals surface area contributed by atoms with Gasteiger partial charge in [-0.2, -0.15) is 0 Å². The van der Waals surface area contributed by atoms with Crippen LogP contribution in [0.1, 0.15) is 47.8 Å². The lowest BCUT2D eigenvalue weighted by atomic mass is 9.84. The molecule has 1 N–H and O–H groups in total. The minimum Gasteiger partial charge on any atom is -0.496 e. The van der Waals surface area contributed by atoms with Gasteiger partial charge >= 0.3 is 0 Å². The maximum Gasteiger partial charge on any atom is 0.253 e. The number of rotatable bonds is 4. The van der Waals surface area contributed by atoms with Crippen molar-refractivity contribution in [2.45, 2.75) is 39.7 Å². The molecule has 23 heavy (non-hydrogen) atoms. The van der Waals surface area contributed by atoms with Crippen molar-refractivity contribution < 1.29 is 9.53 Å². The van der Waals surface area contributed by atoms with E-state index < -0.39 is 0 Å². The Balaban J connectivity index is 2.26. The Kier molecular flexibility index (Phi) is 5.04. The van der Waals surface area contributed by atoms with Gasteiger partial charge in [-0.25, -0.2) is 0 Å². The maximum atomic E-state index is 12.2. The number of pyridine rings is 1. The third-order valence-corrected chi connectivity index (χ3v) is 3.69. The normalized spacial score (nSPS) is 11.2. The van der Waals surface area contributed by atoms with Crippen LogP contribution in [0.5, 0.6) is 5.75 Å². The summed E-state index contributed by atoms with van der Waals surface area (Å²) in [5.41, 5.74) is 3.80. The lowest BCUT2D eigenvalue weighted by Gasteiger charge is -2.25. The van der Waals surface area contributed by atoms with Crippen LogP contribution >= 0.6 is 0 Å². The molecule has 4 nitrogen and oxygen atoms in total. The quantitative estimate of drug-likeness (QED) is 0.938. The van der Waals surface area contributed by atoms with Crippen LogP contribution in [0.3, 0.4) is 0 Å². The van der Waals surface area contributed by atoms with Crippen LogP contribution in [0.4, 0.5) is 0 Å². The number of carbonyl (C=O) groups excluding carboxylic acids is 1. The molecule has 2 rings (SSSR count). The van der Waals surface area contributed by atoms with Crippen molar-refractivity contribution in [2.24, 2.45) is 0 Å². The zero-order valence-electron chi connectivity index (χ0n) is 14.4. The largest absolute Gasteiger partial charge is 0.496 e. The summed E-state index contributed by atoms with van der Waals surface area (Å²) in [6, 6.07) is 7.69. The van der Waals surface area contributed by atoms with Gasteiger partial charge in [0.15, 0.2) is 0 Å². The van der Waals surface area contributed by atoms with Gasteiger partial charge in [-0.1, -0.05) is 38.5 Å². The molecular formula is C19H24N2O2. The Hall–Kier alpha value is -2.36. The fourth-order valence-corrected chi connectivity index (χ4v) is 2.55. The van der Waals surface area contributed by atoms with Crippen LogP contribution in [-0.2, 0) is 12.0 Å². The molecule has 0 aliphatic carbocycles. The Labute approximate surface area is 137 Å². The van der Waals surface area contributed by atoms with Crippen LogP contribution in [0, 0.1) is 6.92 Å². The van der Waals surface area contributed by atoms with Crippen LogP contribution in [0.25, 0.3) is 0 Å². The van der Waals surface area contributed by atoms with Crippen molar-refractivity contribution in [3.05, 3.63) is 58.9 Å². The predicted octanol–water partition coefficient (Wildman–Crippen LogP) is 3.63. The van der Waals surface area contributed by atoms with Crippen LogP contribution in [0.15, 0.2) is 36.7 Å². The van der Waals surface area contributed by atoms with Crippen LogP contribution in [0.2, 0.25) is 0 Å². The second-order valence-electron chi connectivity index (χ2n) is 6.68. The molecule has 1 aromatic heterocycles. The Bertz CT molecular complexity index is 689. The summed E-state index contributed by atoms with van der Waals surface area (Å²) in [5.74, 6) is 0.702. The minimum absolute atomic E-state index is 0.0283. The van der Waals surface area contributed by atoms with Crippen molar-refractivity contribution in [1.82, 2.24) is 10.3 Å². The van der Waals surface area contributed by atoms with Gasteiger partial charge < -0.3 is 10.1 Å². The van der Waals surface area contributed by atoms with Gasteiger partial charge in [0.25, 0.3) is 5.91 Å². The fraction of sp³-hybridized carbons (Fsp3) is 0.368. The number of carbonyl (C=O) groups is 1. The molecule has 4 heteroatoms. The average Bonchev–Trinajstić information content (AvgIpc) is 2.52. The van der Waals surface area contributed by atoms with Crippen molar-refractivity contribution >= 4 is 5.91 Å². The molecule has 0 saturated carbocycles. The highest BCUT2D eigenvalue weighted by Crippen LogP contribution is 2.35. The molecule has 0 atom stereocenters. The van der Waals surface area contributed by atoms with E-state index in [9.17, 15) is 4.79 Å². The number of methoxy groups -OCH3 is 1. The van der Waals surface area contributed by atoms with E-state index in [1.54, 1.807) is 31.6 Å². The number of aryl methyl sites for hydroxylation is 1. The molecular weight excluding hydrogens is 288 g/mol. The van der Waals surface area contributed by atoms with E-state index in [4.69, 9.17) is 4.74 Å². The molecule has 0 saturated heterocycles. The minimum atomic E-state index is -0.140. The van der Waals surface area contributed by atoms with Crippen LogP contribution < -0.4 is 10.1 Å². The first-order valence-corrected chi connectivity index (χ1v) is 7.69. The van der Waals surface area contributed by atoms with E-state index >= 15 is 0 Å². The van der Waals surface area contributed by atoms with Gasteiger partial charge in [0.2, 0.25) is 0 Å². The second kappa shape index (κ2) is 6.82. The molecule has 0 aliphatic heterocycles. The Morgan fingerprint density at radius 3 is 2.61 bits per heavy atom. The van der Waals surface area contributed by atoms with Gasteiger partial charge in [-0.15, -0.1) is 0 Å². The van der Waals surface area contributed by atoms with E-state index in [1.807, 2.05) is 0 Å². The summed E-state index contributed by atoms with van der Waals surface area (Å²) in [7, 11) is 1.67. The van der Waals surface area contributed by atoms with Gasteiger partial charge in [0.1, 0.15) is 5.75 Å². The van der Waals surface area contributed by atoms with E-state index in [-0.39, 0.29) is 11.3 Å². The molecule has 1 heterocycles. The lowest BCUT2D eigenvalue weighted by Crippen LogP contribution is -2.24. The third kappa shape index (κ3) is 4.09. The number of benzene rings is 1. The number of nitrogens with zero attached hydrogens (tertiary/aromatic N) is 1. The fourth-order valence-electron chi connectivity index (χ4n) is 2.55. The summed E-state index contributed by atoms with van der Waals surface area (Å²) < 4.78 is 5.63. The maximum absolute atomic E-state index is 12.2. The third-order valence-electron chi connectivity index (χ3n) is 3.69. The van der Waals surface area contributed by atoms with Crippen molar-refractivity contribution in [2.75, 3.05) is 7.11 Å². The number of hydrogen-bond acceptors (Lipinski definition) is 3. The summed E-state index contributed by atoms with van der Waals surface area (Å²) in [6.07, 6.45) is 3.21. The molecule has 122 valence electrons. The smallest absolute Gasteiger partial charge is 0.253 e. The zero-order valence-corrected chi connectivity index (χ0v) is 14.4. The number of ether oxygens (including phenoxy) is 1. The number of amides is 1. The molecule has 0 radical (unpaired) electrons. The molecule has 0 unspecified atom stereocenters. The number of aromatic nitrogens is 1. The second-order valence-corrected chi connectivity index (χ2v) is 6.68. The van der Waals surface area contributed by atoms with Gasteiger partial charge in [-0.3, -0.25) is 9.78 Å². The first kappa shape index (κ1) is 17.0. The lowest BCUT2D eigenvalue weighted by molar-refractivity contribution is 0.0950. The Morgan fingerprint density at radius 1 is 1.30 bits per heavy atom. The predicted molar refractivity (Wildman–Crippen MR) is 91.8 cm³/mol. The van der Waals surface area contributed by atoms with Gasteiger partial charge in [-0.05, 0) is 24.5 Å². The van der Waals surface area contributed by atoms with Gasteiger partial charge in [0, 0.05) is 30.1 Å². The molecule has 0 spiro atoms. The summed E-state index contributed by atoms with van der Waals surface area (Å²) >= 11 is 0. The first-order valence-electron chi connectivity index (χ1n) is 7.69. The van der Waals surface area contributed by atoms with E-state index in [0.717, 1.165) is 22.4 Å². The SMILES string of the molecule is COc1c(CNC(=O)c2cccnc2)cc(C)cc1C(C)(C)C. The van der Waals surface area contributed by atoms with E-state index in [0.29, 0.717) is 12.1 Å². The van der Waals surface area contributed by atoms with Gasteiger partial charge in [0.05, 0.1) is 12.7 Å². The summed E-state index contributed by atoms with van der Waals surface area (Å²) in [4.78, 5) is 16.2. The van der Waals surface area contributed by atoms with Crippen molar-refractivity contribution in [1.29, 1.82) is 0 Å². The molecule has 1 aromatic carbocycles. The van der Waals surface area contributed by atoms with Crippen molar-refractivity contribution in [3.63, 3.8) is 0 Å². The monoisotopic (exact) mass is 312 g/mol. The molecule has 2 aromatic rings. The molecule has 0 fully saturated rings. The molecule has 0 aliphatic rings. The molecule has 0 bridgehead atoms. The summed E-state index contributed by atoms with van der Waals surface area (Å²) in [5, 5.41) is 2.94. The highest BCUT2D eigenvalue weighted by atomic mass is 16.5. The zero-order chi connectivity index (χ0) is 17.0. The molecule has 1 amide bonds. The topological polar surface area (TPSA) is 51.2 Å².